The highest BCUT2D eigenvalue weighted by Crippen LogP contribution is 2.26. The summed E-state index contributed by atoms with van der Waals surface area (Å²) in [5, 5.41) is 0. The summed E-state index contributed by atoms with van der Waals surface area (Å²) in [5.74, 6) is -0.0607. The van der Waals surface area contributed by atoms with Crippen LogP contribution >= 0.6 is 0 Å². The van der Waals surface area contributed by atoms with Crippen molar-refractivity contribution in [1.29, 1.82) is 0 Å². The Morgan fingerprint density at radius 3 is 1.96 bits per heavy atom. The van der Waals surface area contributed by atoms with Gasteiger partial charge in [0.25, 0.3) is 0 Å². The zero-order valence-electron chi connectivity index (χ0n) is 17.9. The van der Waals surface area contributed by atoms with E-state index in [1.807, 2.05) is 43.3 Å². The molecule has 0 saturated carbocycles. The Morgan fingerprint density at radius 1 is 0.857 bits per heavy atom. The Hall–Kier alpha value is -2.62. The maximum absolute atomic E-state index is 13.0. The molecule has 0 fully saturated rings. The summed E-state index contributed by atoms with van der Waals surface area (Å²) >= 11 is 0. The smallest absolute Gasteiger partial charge is 0.338 e. The molecule has 0 aliphatic rings. The average molecular weight is 382 g/mol. The Morgan fingerprint density at radius 2 is 1.46 bits per heavy atom. The van der Waals surface area contributed by atoms with E-state index in [1.54, 1.807) is 19.1 Å². The van der Waals surface area contributed by atoms with Crippen molar-refractivity contribution in [2.45, 2.75) is 52.6 Å². The monoisotopic (exact) mass is 381 g/mol. The molecule has 1 atom stereocenters. The molecule has 0 N–H and O–H groups in total. The molecule has 0 amide bonds. The van der Waals surface area contributed by atoms with Crippen LogP contribution in [0.2, 0.25) is 0 Å². The number of nitrogens with zero attached hydrogens (tertiary/aromatic N) is 1. The lowest BCUT2D eigenvalue weighted by atomic mass is 9.89. The fraction of sp³-hybridized carbons (Fsp3) is 0.417. The normalized spacial score (nSPS) is 12.2. The molecule has 2 aromatic carbocycles. The molecule has 0 heterocycles. The third-order valence-corrected chi connectivity index (χ3v) is 4.90. The first kappa shape index (κ1) is 21.7. The van der Waals surface area contributed by atoms with E-state index in [9.17, 15) is 9.59 Å². The van der Waals surface area contributed by atoms with E-state index < -0.39 is 12.1 Å². The van der Waals surface area contributed by atoms with Crippen LogP contribution in [-0.4, -0.2) is 32.0 Å². The number of carbonyl (C=O) groups is 2. The van der Waals surface area contributed by atoms with Crippen LogP contribution in [0.5, 0.6) is 0 Å². The van der Waals surface area contributed by atoms with Crippen molar-refractivity contribution < 1.29 is 14.3 Å². The van der Waals surface area contributed by atoms with Crippen LogP contribution in [0.1, 0.15) is 78.3 Å². The van der Waals surface area contributed by atoms with Crippen LogP contribution in [0.3, 0.4) is 0 Å². The number of carbonyl (C=O) groups excluding carboxylic acids is 2. The Labute approximate surface area is 168 Å². The minimum absolute atomic E-state index is 0.169. The summed E-state index contributed by atoms with van der Waals surface area (Å²) in [5.41, 5.74) is 4.25. The predicted molar refractivity (Wildman–Crippen MR) is 115 cm³/mol. The number of benzene rings is 2. The molecule has 150 valence electrons. The van der Waals surface area contributed by atoms with Crippen LogP contribution in [0, 0.1) is 0 Å². The number of hydrogen-bond donors (Lipinski definition) is 0. The van der Waals surface area contributed by atoms with Crippen molar-refractivity contribution in [3.63, 3.8) is 0 Å². The molecule has 4 heteroatoms. The maximum atomic E-state index is 13.0. The van der Waals surface area contributed by atoms with Crippen LogP contribution in [0.4, 0.5) is 5.69 Å². The van der Waals surface area contributed by atoms with E-state index in [0.29, 0.717) is 17.0 Å². The van der Waals surface area contributed by atoms with Crippen molar-refractivity contribution in [3.8, 4) is 0 Å². The fourth-order valence-electron chi connectivity index (χ4n) is 3.04. The number of ether oxygens (including phenoxy) is 1. The topological polar surface area (TPSA) is 46.6 Å². The molecule has 0 aliphatic carbocycles. The maximum Gasteiger partial charge on any atom is 0.338 e. The quantitative estimate of drug-likeness (QED) is 0.474. The van der Waals surface area contributed by atoms with Crippen molar-refractivity contribution in [2.24, 2.45) is 0 Å². The fourth-order valence-corrected chi connectivity index (χ4v) is 3.04. The second kappa shape index (κ2) is 9.05. The van der Waals surface area contributed by atoms with Gasteiger partial charge in [-0.1, -0.05) is 45.9 Å². The molecule has 0 saturated heterocycles. The molecule has 4 nitrogen and oxygen atoms in total. The highest BCUT2D eigenvalue weighted by atomic mass is 16.5. The van der Waals surface area contributed by atoms with E-state index >= 15 is 0 Å². The van der Waals surface area contributed by atoms with Gasteiger partial charge in [0.2, 0.25) is 5.78 Å². The number of esters is 1. The lowest BCUT2D eigenvalue weighted by molar-refractivity contribution is 0.0318. The van der Waals surface area contributed by atoms with Gasteiger partial charge in [-0.05, 0) is 54.2 Å². The van der Waals surface area contributed by atoms with Crippen LogP contribution in [-0.2, 0) is 4.74 Å². The van der Waals surface area contributed by atoms with Gasteiger partial charge in [-0.25, -0.2) is 4.79 Å². The number of anilines is 1. The van der Waals surface area contributed by atoms with Gasteiger partial charge in [0.15, 0.2) is 6.10 Å². The summed E-state index contributed by atoms with van der Waals surface area (Å²) in [4.78, 5) is 27.4. The number of Topliss-reactive ketones (excluding diaryl/α,β-unsaturated/α-hetero) is 1. The molecule has 0 spiro atoms. The summed E-state index contributed by atoms with van der Waals surface area (Å²) in [6.07, 6.45) is -0.844. The molecule has 2 aromatic rings. The van der Waals surface area contributed by atoms with Crippen molar-refractivity contribution in [2.75, 3.05) is 19.0 Å². The van der Waals surface area contributed by atoms with Gasteiger partial charge >= 0.3 is 5.97 Å². The van der Waals surface area contributed by atoms with Crippen LogP contribution in [0.15, 0.2) is 42.5 Å². The molecule has 2 rings (SSSR count). The molecule has 0 aromatic heterocycles. The third kappa shape index (κ3) is 5.00. The van der Waals surface area contributed by atoms with E-state index in [2.05, 4.69) is 33.8 Å². The van der Waals surface area contributed by atoms with Crippen LogP contribution in [0.25, 0.3) is 0 Å². The molecule has 0 radical (unpaired) electrons. The first-order valence-electron chi connectivity index (χ1n) is 9.78. The Balaban J connectivity index is 2.19. The van der Waals surface area contributed by atoms with E-state index in [4.69, 9.17) is 4.74 Å². The second-order valence-corrected chi connectivity index (χ2v) is 8.01. The SMILES string of the molecule is CC(C)c1ccc(C(=O)[C@H](C)OC(=O)c2ccc(N(C)C)cc2)c(C(C)C)c1. The minimum Gasteiger partial charge on any atom is -0.451 e. The number of ketones is 1. The van der Waals surface area contributed by atoms with E-state index in [-0.39, 0.29) is 11.7 Å². The van der Waals surface area contributed by atoms with Gasteiger partial charge in [-0.2, -0.15) is 0 Å². The van der Waals surface area contributed by atoms with Gasteiger partial charge in [0, 0.05) is 25.3 Å². The highest BCUT2D eigenvalue weighted by Gasteiger charge is 2.24. The Kier molecular flexibility index (Phi) is 7.00. The average Bonchev–Trinajstić information content (AvgIpc) is 2.66. The van der Waals surface area contributed by atoms with Gasteiger partial charge in [0.05, 0.1) is 5.56 Å². The third-order valence-electron chi connectivity index (χ3n) is 4.90. The second-order valence-electron chi connectivity index (χ2n) is 8.01. The molecular formula is C24H31NO3. The van der Waals surface area contributed by atoms with Crippen molar-refractivity contribution in [1.82, 2.24) is 0 Å². The molecule has 0 bridgehead atoms. The first-order chi connectivity index (χ1) is 13.1. The van der Waals surface area contributed by atoms with Crippen molar-refractivity contribution >= 4 is 17.4 Å². The molecule has 28 heavy (non-hydrogen) atoms. The van der Waals surface area contributed by atoms with Gasteiger partial charge in [-0.15, -0.1) is 0 Å². The Bertz CT molecular complexity index is 835. The summed E-state index contributed by atoms with van der Waals surface area (Å²) < 4.78 is 5.46. The zero-order valence-corrected chi connectivity index (χ0v) is 17.9. The number of hydrogen-bond acceptors (Lipinski definition) is 4. The standard InChI is InChI=1S/C24H31NO3/c1-15(2)19-10-13-21(22(14-19)16(3)4)23(26)17(5)28-24(27)18-8-11-20(12-9-18)25(6)7/h8-17H,1-7H3/t17-/m0/s1. The lowest BCUT2D eigenvalue weighted by Gasteiger charge is -2.19. The van der Waals surface area contributed by atoms with Gasteiger partial charge < -0.3 is 9.64 Å². The first-order valence-corrected chi connectivity index (χ1v) is 9.78. The largest absolute Gasteiger partial charge is 0.451 e. The predicted octanol–water partition coefficient (Wildman–Crippen LogP) is 5.43. The lowest BCUT2D eigenvalue weighted by Crippen LogP contribution is -2.25. The highest BCUT2D eigenvalue weighted by molar-refractivity contribution is 6.02. The molecule has 0 unspecified atom stereocenters. The minimum atomic E-state index is -0.844. The zero-order chi connectivity index (χ0) is 21.0. The van der Waals surface area contributed by atoms with Crippen LogP contribution < -0.4 is 4.90 Å². The molecule has 0 aliphatic heterocycles. The number of rotatable bonds is 7. The van der Waals surface area contributed by atoms with E-state index in [1.165, 1.54) is 5.56 Å². The van der Waals surface area contributed by atoms with E-state index in [0.717, 1.165) is 11.3 Å². The summed E-state index contributed by atoms with van der Waals surface area (Å²) in [6, 6.07) is 13.1. The van der Waals surface area contributed by atoms with Gasteiger partial charge in [-0.3, -0.25) is 4.79 Å². The summed E-state index contributed by atoms with van der Waals surface area (Å²) in [6.45, 7) is 10.0. The van der Waals surface area contributed by atoms with Crippen molar-refractivity contribution in [3.05, 3.63) is 64.7 Å². The summed E-state index contributed by atoms with van der Waals surface area (Å²) in [7, 11) is 3.87. The van der Waals surface area contributed by atoms with Gasteiger partial charge in [0.1, 0.15) is 0 Å². The molecular weight excluding hydrogens is 350 g/mol.